The Morgan fingerprint density at radius 1 is 1.06 bits per heavy atom. The fourth-order valence-corrected chi connectivity index (χ4v) is 3.00. The van der Waals surface area contributed by atoms with Crippen molar-refractivity contribution < 1.29 is 27.4 Å². The van der Waals surface area contributed by atoms with Crippen LogP contribution in [0.15, 0.2) is 54.6 Å². The molecule has 1 amide bonds. The Labute approximate surface area is 184 Å². The Morgan fingerprint density at radius 3 is 2.31 bits per heavy atom. The van der Waals surface area contributed by atoms with Crippen LogP contribution in [0, 0.1) is 6.92 Å². The van der Waals surface area contributed by atoms with Crippen molar-refractivity contribution in [2.45, 2.75) is 32.7 Å². The van der Waals surface area contributed by atoms with Gasteiger partial charge in [-0.1, -0.05) is 12.1 Å². The van der Waals surface area contributed by atoms with Gasteiger partial charge in [0, 0.05) is 24.3 Å². The smallest absolute Gasteiger partial charge is 0.435 e. The van der Waals surface area contributed by atoms with Gasteiger partial charge in [-0.05, 0) is 61.4 Å². The average Bonchev–Trinajstić information content (AvgIpc) is 3.17. The summed E-state index contributed by atoms with van der Waals surface area (Å²) in [6.07, 6.45) is -4.00. The van der Waals surface area contributed by atoms with E-state index < -0.39 is 11.9 Å². The molecule has 2 aromatic carbocycles. The average molecular weight is 447 g/mol. The third-order valence-electron chi connectivity index (χ3n) is 4.78. The SMILES string of the molecule is COc1ccc(OCc2ccc(C(=O)NCCCn3nc(C(F)(F)F)cc3C)cc2)cc1. The van der Waals surface area contributed by atoms with Crippen LogP contribution >= 0.6 is 0 Å². The Bertz CT molecular complexity index is 1030. The summed E-state index contributed by atoms with van der Waals surface area (Å²) < 4.78 is 50.2. The molecule has 0 saturated heterocycles. The summed E-state index contributed by atoms with van der Waals surface area (Å²) >= 11 is 0. The summed E-state index contributed by atoms with van der Waals surface area (Å²) in [5.74, 6) is 1.21. The summed E-state index contributed by atoms with van der Waals surface area (Å²) in [5.41, 5.74) is 0.922. The van der Waals surface area contributed by atoms with E-state index >= 15 is 0 Å². The van der Waals surface area contributed by atoms with Gasteiger partial charge in [-0.3, -0.25) is 9.48 Å². The van der Waals surface area contributed by atoms with Crippen molar-refractivity contribution >= 4 is 5.91 Å². The molecule has 3 aromatic rings. The zero-order chi connectivity index (χ0) is 23.1. The van der Waals surface area contributed by atoms with E-state index in [-0.39, 0.29) is 12.5 Å². The predicted octanol–water partition coefficient (Wildman–Crippen LogP) is 4.62. The molecule has 0 saturated carbocycles. The van der Waals surface area contributed by atoms with Crippen molar-refractivity contribution in [3.8, 4) is 11.5 Å². The van der Waals surface area contributed by atoms with Crippen molar-refractivity contribution in [1.82, 2.24) is 15.1 Å². The maximum absolute atomic E-state index is 12.7. The van der Waals surface area contributed by atoms with Gasteiger partial charge in [0.1, 0.15) is 18.1 Å². The minimum Gasteiger partial charge on any atom is -0.497 e. The Morgan fingerprint density at radius 2 is 1.72 bits per heavy atom. The van der Waals surface area contributed by atoms with Crippen LogP contribution in [-0.4, -0.2) is 29.3 Å². The number of ether oxygens (including phenoxy) is 2. The molecule has 170 valence electrons. The van der Waals surface area contributed by atoms with Crippen LogP contribution in [0.2, 0.25) is 0 Å². The van der Waals surface area contributed by atoms with Gasteiger partial charge < -0.3 is 14.8 Å². The van der Waals surface area contributed by atoms with Gasteiger partial charge in [0.2, 0.25) is 0 Å². The third kappa shape index (κ3) is 6.26. The lowest BCUT2D eigenvalue weighted by Gasteiger charge is -2.09. The molecule has 0 fully saturated rings. The van der Waals surface area contributed by atoms with Crippen LogP contribution < -0.4 is 14.8 Å². The molecular weight excluding hydrogens is 423 g/mol. The molecular formula is C23H24F3N3O3. The van der Waals surface area contributed by atoms with Crippen LogP contribution in [-0.2, 0) is 19.3 Å². The largest absolute Gasteiger partial charge is 0.497 e. The van der Waals surface area contributed by atoms with E-state index in [9.17, 15) is 18.0 Å². The van der Waals surface area contributed by atoms with E-state index in [1.807, 2.05) is 36.4 Å². The molecule has 9 heteroatoms. The highest BCUT2D eigenvalue weighted by atomic mass is 19.4. The second kappa shape index (κ2) is 10.2. The molecule has 6 nitrogen and oxygen atoms in total. The van der Waals surface area contributed by atoms with E-state index in [1.54, 1.807) is 26.2 Å². The molecule has 0 spiro atoms. The van der Waals surface area contributed by atoms with E-state index in [0.717, 1.165) is 17.4 Å². The summed E-state index contributed by atoms with van der Waals surface area (Å²) in [4.78, 5) is 12.3. The minimum atomic E-state index is -4.46. The standard InChI is InChI=1S/C23H24F3N3O3/c1-16-14-21(23(24,25)26)28-29(16)13-3-12-27-22(30)18-6-4-17(5-7-18)15-32-20-10-8-19(31-2)9-11-20/h4-11,14H,3,12-13,15H2,1-2H3,(H,27,30). The van der Waals surface area contributed by atoms with Gasteiger partial charge in [-0.15, -0.1) is 0 Å². The van der Waals surface area contributed by atoms with E-state index in [0.29, 0.717) is 36.6 Å². The maximum atomic E-state index is 12.7. The number of carbonyl (C=O) groups is 1. The van der Waals surface area contributed by atoms with Crippen molar-refractivity contribution in [3.05, 3.63) is 77.1 Å². The summed E-state index contributed by atoms with van der Waals surface area (Å²) in [6.45, 7) is 2.53. The van der Waals surface area contributed by atoms with Crippen molar-refractivity contribution in [2.24, 2.45) is 0 Å². The van der Waals surface area contributed by atoms with Crippen LogP contribution in [0.5, 0.6) is 11.5 Å². The first-order chi connectivity index (χ1) is 15.3. The molecule has 3 rings (SSSR count). The lowest BCUT2D eigenvalue weighted by molar-refractivity contribution is -0.141. The lowest BCUT2D eigenvalue weighted by atomic mass is 10.1. The highest BCUT2D eigenvalue weighted by Crippen LogP contribution is 2.28. The molecule has 0 atom stereocenters. The molecule has 0 bridgehead atoms. The number of rotatable bonds is 9. The minimum absolute atomic E-state index is 0.249. The number of amides is 1. The highest BCUT2D eigenvalue weighted by Gasteiger charge is 2.34. The topological polar surface area (TPSA) is 65.4 Å². The number of carbonyl (C=O) groups excluding carboxylic acids is 1. The number of aryl methyl sites for hydroxylation is 2. The quantitative estimate of drug-likeness (QED) is 0.486. The van der Waals surface area contributed by atoms with Gasteiger partial charge in [0.25, 0.3) is 5.91 Å². The van der Waals surface area contributed by atoms with Crippen LogP contribution in [0.4, 0.5) is 13.2 Å². The number of aromatic nitrogens is 2. The summed E-state index contributed by atoms with van der Waals surface area (Å²) in [5, 5.41) is 6.34. The predicted molar refractivity (Wildman–Crippen MR) is 113 cm³/mol. The fraction of sp³-hybridized carbons (Fsp3) is 0.304. The molecule has 1 heterocycles. The highest BCUT2D eigenvalue weighted by molar-refractivity contribution is 5.94. The normalized spacial score (nSPS) is 11.3. The third-order valence-corrected chi connectivity index (χ3v) is 4.78. The molecule has 1 aromatic heterocycles. The van der Waals surface area contributed by atoms with Crippen LogP contribution in [0.25, 0.3) is 0 Å². The zero-order valence-electron chi connectivity index (χ0n) is 17.8. The Hall–Kier alpha value is -3.49. The van der Waals surface area contributed by atoms with Crippen molar-refractivity contribution in [1.29, 1.82) is 0 Å². The number of nitrogens with one attached hydrogen (secondary N) is 1. The zero-order valence-corrected chi connectivity index (χ0v) is 17.8. The number of methoxy groups -OCH3 is 1. The number of halogens is 3. The molecule has 0 aliphatic heterocycles. The van der Waals surface area contributed by atoms with Crippen LogP contribution in [0.3, 0.4) is 0 Å². The second-order valence-corrected chi connectivity index (χ2v) is 7.16. The summed E-state index contributed by atoms with van der Waals surface area (Å²) in [7, 11) is 1.60. The second-order valence-electron chi connectivity index (χ2n) is 7.16. The maximum Gasteiger partial charge on any atom is 0.435 e. The molecule has 0 aliphatic carbocycles. The lowest BCUT2D eigenvalue weighted by Crippen LogP contribution is -2.25. The van der Waals surface area contributed by atoms with Crippen LogP contribution in [0.1, 0.15) is 33.7 Å². The Balaban J connectivity index is 1.43. The van der Waals surface area contributed by atoms with Gasteiger partial charge in [-0.25, -0.2) is 0 Å². The van der Waals surface area contributed by atoms with Gasteiger partial charge in [-0.2, -0.15) is 18.3 Å². The first-order valence-corrected chi connectivity index (χ1v) is 10.0. The van der Waals surface area contributed by atoms with Crippen molar-refractivity contribution in [3.63, 3.8) is 0 Å². The van der Waals surface area contributed by atoms with Gasteiger partial charge in [0.05, 0.1) is 7.11 Å². The molecule has 0 unspecified atom stereocenters. The van der Waals surface area contributed by atoms with E-state index in [4.69, 9.17) is 9.47 Å². The van der Waals surface area contributed by atoms with E-state index in [1.165, 1.54) is 4.68 Å². The number of hydrogen-bond donors (Lipinski definition) is 1. The first-order valence-electron chi connectivity index (χ1n) is 10.0. The fourth-order valence-electron chi connectivity index (χ4n) is 3.00. The molecule has 1 N–H and O–H groups in total. The van der Waals surface area contributed by atoms with Gasteiger partial charge >= 0.3 is 6.18 Å². The molecule has 0 radical (unpaired) electrons. The van der Waals surface area contributed by atoms with E-state index in [2.05, 4.69) is 10.4 Å². The Kier molecular flexibility index (Phi) is 7.40. The number of benzene rings is 2. The van der Waals surface area contributed by atoms with Crippen molar-refractivity contribution in [2.75, 3.05) is 13.7 Å². The number of alkyl halides is 3. The monoisotopic (exact) mass is 447 g/mol. The summed E-state index contributed by atoms with van der Waals surface area (Å²) in [6, 6.07) is 15.3. The molecule has 32 heavy (non-hydrogen) atoms. The molecule has 0 aliphatic rings. The number of hydrogen-bond acceptors (Lipinski definition) is 4. The first kappa shape index (κ1) is 23.2. The number of nitrogens with zero attached hydrogens (tertiary/aromatic N) is 2. The van der Waals surface area contributed by atoms with Gasteiger partial charge in [0.15, 0.2) is 5.69 Å².